The molecule has 2 heterocycles. The monoisotopic (exact) mass is 255 g/mol. The minimum Gasteiger partial charge on any atom is -0.379 e. The molecule has 17 heavy (non-hydrogen) atoms. The third kappa shape index (κ3) is 3.41. The number of urea groups is 1. The Hall–Kier alpha value is -1.14. The number of hydrogen-bond donors (Lipinski definition) is 1. The predicted molar refractivity (Wildman–Crippen MR) is 66.1 cm³/mol. The zero-order valence-corrected chi connectivity index (χ0v) is 10.9. The molecule has 0 radical (unpaired) electrons. The summed E-state index contributed by atoms with van der Waals surface area (Å²) < 4.78 is 5.22. The van der Waals surface area contributed by atoms with Gasteiger partial charge < -0.3 is 15.0 Å². The van der Waals surface area contributed by atoms with E-state index in [9.17, 15) is 4.79 Å². The molecule has 0 saturated carbocycles. The maximum Gasteiger partial charge on any atom is 0.317 e. The third-order valence-electron chi connectivity index (χ3n) is 2.67. The van der Waals surface area contributed by atoms with Gasteiger partial charge >= 0.3 is 6.03 Å². The highest BCUT2D eigenvalue weighted by atomic mass is 32.1. The number of aromatic nitrogens is 1. The van der Waals surface area contributed by atoms with E-state index in [4.69, 9.17) is 4.74 Å². The van der Waals surface area contributed by atoms with Crippen LogP contribution in [0.4, 0.5) is 4.79 Å². The fourth-order valence-electron chi connectivity index (χ4n) is 1.73. The Morgan fingerprint density at radius 1 is 1.76 bits per heavy atom. The smallest absolute Gasteiger partial charge is 0.317 e. The molecule has 0 aliphatic carbocycles. The van der Waals surface area contributed by atoms with Gasteiger partial charge in [0, 0.05) is 19.0 Å². The summed E-state index contributed by atoms with van der Waals surface area (Å²) >= 11 is 1.60. The number of nitrogens with one attached hydrogen (secondary N) is 1. The van der Waals surface area contributed by atoms with Crippen molar-refractivity contribution >= 4 is 17.4 Å². The molecule has 2 rings (SSSR count). The van der Waals surface area contributed by atoms with Gasteiger partial charge in [0.15, 0.2) is 0 Å². The first-order chi connectivity index (χ1) is 8.15. The Balaban J connectivity index is 1.82. The Kier molecular flexibility index (Phi) is 3.96. The average Bonchev–Trinajstić information content (AvgIpc) is 2.90. The maximum absolute atomic E-state index is 11.8. The van der Waals surface area contributed by atoms with Gasteiger partial charge in [-0.05, 0) is 13.3 Å². The lowest BCUT2D eigenvalue weighted by Crippen LogP contribution is -2.43. The van der Waals surface area contributed by atoms with Crippen LogP contribution in [0.15, 0.2) is 5.38 Å². The van der Waals surface area contributed by atoms with Gasteiger partial charge in [0.05, 0.1) is 29.9 Å². The first-order valence-electron chi connectivity index (χ1n) is 5.65. The van der Waals surface area contributed by atoms with Gasteiger partial charge in [0.1, 0.15) is 0 Å². The summed E-state index contributed by atoms with van der Waals surface area (Å²) in [5, 5.41) is 5.95. The number of thiazole rings is 1. The topological polar surface area (TPSA) is 54.5 Å². The van der Waals surface area contributed by atoms with Crippen LogP contribution in [-0.2, 0) is 11.3 Å². The number of aryl methyl sites for hydroxylation is 1. The van der Waals surface area contributed by atoms with E-state index >= 15 is 0 Å². The van der Waals surface area contributed by atoms with Crippen LogP contribution in [0.25, 0.3) is 0 Å². The van der Waals surface area contributed by atoms with Crippen LogP contribution in [0.5, 0.6) is 0 Å². The third-order valence-corrected chi connectivity index (χ3v) is 3.49. The van der Waals surface area contributed by atoms with Crippen molar-refractivity contribution in [2.24, 2.45) is 0 Å². The second-order valence-corrected chi connectivity index (χ2v) is 5.29. The Labute approximate surface area is 105 Å². The molecule has 1 unspecified atom stereocenters. The van der Waals surface area contributed by atoms with Crippen molar-refractivity contribution in [1.82, 2.24) is 15.2 Å². The minimum atomic E-state index is -0.0637. The van der Waals surface area contributed by atoms with Crippen LogP contribution < -0.4 is 5.32 Å². The van der Waals surface area contributed by atoms with E-state index in [0.717, 1.165) is 23.7 Å². The first-order valence-corrected chi connectivity index (χ1v) is 6.53. The van der Waals surface area contributed by atoms with Crippen molar-refractivity contribution in [2.75, 3.05) is 20.3 Å². The zero-order valence-electron chi connectivity index (χ0n) is 10.1. The molecule has 0 spiro atoms. The largest absolute Gasteiger partial charge is 0.379 e. The van der Waals surface area contributed by atoms with Crippen molar-refractivity contribution in [3.8, 4) is 0 Å². The van der Waals surface area contributed by atoms with Crippen LogP contribution >= 0.6 is 11.3 Å². The van der Waals surface area contributed by atoms with Crippen LogP contribution in [0.3, 0.4) is 0 Å². The number of rotatable bonds is 3. The SMILES string of the molecule is Cc1nc(CN(C)C(=O)NC2CCOC2)cs1. The van der Waals surface area contributed by atoms with E-state index in [1.807, 2.05) is 12.3 Å². The lowest BCUT2D eigenvalue weighted by molar-refractivity contribution is 0.181. The highest BCUT2D eigenvalue weighted by Crippen LogP contribution is 2.10. The number of hydrogen-bond acceptors (Lipinski definition) is 4. The van der Waals surface area contributed by atoms with Crippen LogP contribution in [0.2, 0.25) is 0 Å². The molecule has 0 aromatic carbocycles. The summed E-state index contributed by atoms with van der Waals surface area (Å²) in [5.41, 5.74) is 0.938. The fraction of sp³-hybridized carbons (Fsp3) is 0.636. The first kappa shape index (κ1) is 12.3. The van der Waals surface area contributed by atoms with Crippen molar-refractivity contribution in [2.45, 2.75) is 25.9 Å². The lowest BCUT2D eigenvalue weighted by atomic mass is 10.3. The summed E-state index contributed by atoms with van der Waals surface area (Å²) in [7, 11) is 1.78. The van der Waals surface area contributed by atoms with E-state index < -0.39 is 0 Å². The second kappa shape index (κ2) is 5.46. The molecule has 6 heteroatoms. The average molecular weight is 255 g/mol. The van der Waals surface area contributed by atoms with Crippen molar-refractivity contribution < 1.29 is 9.53 Å². The highest BCUT2D eigenvalue weighted by molar-refractivity contribution is 7.09. The summed E-state index contributed by atoms with van der Waals surface area (Å²) in [6.45, 7) is 3.86. The van der Waals surface area contributed by atoms with Gasteiger partial charge in [-0.25, -0.2) is 9.78 Å². The highest BCUT2D eigenvalue weighted by Gasteiger charge is 2.19. The zero-order chi connectivity index (χ0) is 12.3. The quantitative estimate of drug-likeness (QED) is 0.888. The summed E-state index contributed by atoms with van der Waals surface area (Å²) in [6, 6.07) is 0.0910. The molecule has 1 fully saturated rings. The Morgan fingerprint density at radius 3 is 3.18 bits per heavy atom. The molecule has 1 N–H and O–H groups in total. The molecule has 1 atom stereocenters. The lowest BCUT2D eigenvalue weighted by Gasteiger charge is -2.19. The van der Waals surface area contributed by atoms with E-state index in [1.165, 1.54) is 0 Å². The predicted octanol–water partition coefficient (Wildman–Crippen LogP) is 1.38. The van der Waals surface area contributed by atoms with Crippen molar-refractivity contribution in [3.63, 3.8) is 0 Å². The summed E-state index contributed by atoms with van der Waals surface area (Å²) in [5.74, 6) is 0. The van der Waals surface area contributed by atoms with Gasteiger partial charge in [-0.2, -0.15) is 0 Å². The summed E-state index contributed by atoms with van der Waals surface area (Å²) in [4.78, 5) is 17.8. The molecular weight excluding hydrogens is 238 g/mol. The van der Waals surface area contributed by atoms with Crippen LogP contribution in [-0.4, -0.2) is 42.2 Å². The number of ether oxygens (including phenoxy) is 1. The van der Waals surface area contributed by atoms with Crippen LogP contribution in [0.1, 0.15) is 17.1 Å². The van der Waals surface area contributed by atoms with Crippen molar-refractivity contribution in [1.29, 1.82) is 0 Å². The number of amides is 2. The fourth-order valence-corrected chi connectivity index (χ4v) is 2.33. The van der Waals surface area contributed by atoms with Gasteiger partial charge in [0.2, 0.25) is 0 Å². The van der Waals surface area contributed by atoms with E-state index in [-0.39, 0.29) is 12.1 Å². The minimum absolute atomic E-state index is 0.0637. The number of nitrogens with zero attached hydrogens (tertiary/aromatic N) is 2. The van der Waals surface area contributed by atoms with Gasteiger partial charge in [-0.15, -0.1) is 11.3 Å². The van der Waals surface area contributed by atoms with Crippen molar-refractivity contribution in [3.05, 3.63) is 16.1 Å². The Morgan fingerprint density at radius 2 is 2.59 bits per heavy atom. The molecule has 5 nitrogen and oxygen atoms in total. The standard InChI is InChI=1S/C11H17N3O2S/c1-8-12-10(7-17-8)5-14(2)11(15)13-9-3-4-16-6-9/h7,9H,3-6H2,1-2H3,(H,13,15). The molecule has 94 valence electrons. The molecule has 0 bridgehead atoms. The van der Waals surface area contributed by atoms with Crippen LogP contribution in [0, 0.1) is 6.92 Å². The van der Waals surface area contributed by atoms with E-state index in [0.29, 0.717) is 13.2 Å². The van der Waals surface area contributed by atoms with E-state index in [2.05, 4.69) is 10.3 Å². The molecule has 1 saturated heterocycles. The molecule has 1 aliphatic heterocycles. The Bertz CT molecular complexity index is 388. The number of carbonyl (C=O) groups is 1. The van der Waals surface area contributed by atoms with Gasteiger partial charge in [0.25, 0.3) is 0 Å². The molecular formula is C11H17N3O2S. The summed E-state index contributed by atoms with van der Waals surface area (Å²) in [6.07, 6.45) is 0.898. The second-order valence-electron chi connectivity index (χ2n) is 4.22. The normalized spacial score (nSPS) is 19.3. The van der Waals surface area contributed by atoms with E-state index in [1.54, 1.807) is 23.3 Å². The number of carbonyl (C=O) groups excluding carboxylic acids is 1. The molecule has 1 aromatic rings. The molecule has 1 aliphatic rings. The maximum atomic E-state index is 11.8. The van der Waals surface area contributed by atoms with Gasteiger partial charge in [-0.1, -0.05) is 0 Å². The molecule has 1 aromatic heterocycles. The van der Waals surface area contributed by atoms with Gasteiger partial charge in [-0.3, -0.25) is 0 Å². The molecule has 2 amide bonds.